The number of ether oxygens (including phenoxy) is 3. The van der Waals surface area contributed by atoms with Crippen LogP contribution in [0.1, 0.15) is 40.2 Å². The van der Waals surface area contributed by atoms with Gasteiger partial charge in [0.05, 0.1) is 24.4 Å². The lowest BCUT2D eigenvalue weighted by Gasteiger charge is -2.32. The van der Waals surface area contributed by atoms with E-state index in [2.05, 4.69) is 30.8 Å². The Morgan fingerprint density at radius 1 is 1.05 bits per heavy atom. The molecule has 8 nitrogen and oxygen atoms in total. The number of amides is 2. The highest BCUT2D eigenvalue weighted by molar-refractivity contribution is 6.06. The molecule has 1 saturated heterocycles. The minimum atomic E-state index is -1.28. The molecule has 2 atom stereocenters. The molecule has 2 amide bonds. The molecule has 1 aliphatic carbocycles. The Labute approximate surface area is 227 Å². The van der Waals surface area contributed by atoms with Gasteiger partial charge in [-0.15, -0.1) is 0 Å². The van der Waals surface area contributed by atoms with E-state index in [-0.39, 0.29) is 36.3 Å². The first-order valence-corrected chi connectivity index (χ1v) is 13.1. The van der Waals surface area contributed by atoms with Gasteiger partial charge < -0.3 is 24.2 Å². The fourth-order valence-corrected chi connectivity index (χ4v) is 6.03. The number of carbonyl (C=O) groups is 2. The smallest absolute Gasteiger partial charge is 0.416 e. The van der Waals surface area contributed by atoms with Gasteiger partial charge in [0.25, 0.3) is 5.91 Å². The van der Waals surface area contributed by atoms with Crippen LogP contribution in [0.2, 0.25) is 0 Å². The summed E-state index contributed by atoms with van der Waals surface area (Å²) in [4.78, 5) is 30.2. The molecule has 39 heavy (non-hydrogen) atoms. The third-order valence-corrected chi connectivity index (χ3v) is 7.83. The van der Waals surface area contributed by atoms with Crippen LogP contribution in [0.5, 0.6) is 11.5 Å². The zero-order valence-electron chi connectivity index (χ0n) is 21.7. The van der Waals surface area contributed by atoms with Crippen molar-refractivity contribution in [3.63, 3.8) is 0 Å². The molecule has 0 aromatic heterocycles. The molecule has 6 rings (SSSR count). The minimum absolute atomic E-state index is 0.0870. The van der Waals surface area contributed by atoms with Crippen molar-refractivity contribution in [1.29, 1.82) is 0 Å². The zero-order chi connectivity index (χ0) is 27.1. The van der Waals surface area contributed by atoms with Crippen molar-refractivity contribution in [1.82, 2.24) is 4.90 Å². The summed E-state index contributed by atoms with van der Waals surface area (Å²) >= 11 is 0. The molecule has 3 aromatic carbocycles. The van der Waals surface area contributed by atoms with E-state index in [1.807, 2.05) is 24.3 Å². The summed E-state index contributed by atoms with van der Waals surface area (Å²) in [5.41, 5.74) is 4.89. The first-order valence-electron chi connectivity index (χ1n) is 13.1. The van der Waals surface area contributed by atoms with Crippen LogP contribution in [0.4, 0.5) is 10.5 Å². The second-order valence-electron chi connectivity index (χ2n) is 9.92. The molecule has 0 spiro atoms. The fourth-order valence-electron chi connectivity index (χ4n) is 6.03. The van der Waals surface area contributed by atoms with E-state index in [1.54, 1.807) is 23.1 Å². The van der Waals surface area contributed by atoms with Crippen LogP contribution < -0.4 is 14.4 Å². The predicted octanol–water partition coefficient (Wildman–Crippen LogP) is 4.95. The Kier molecular flexibility index (Phi) is 6.48. The van der Waals surface area contributed by atoms with Crippen LogP contribution in [0.25, 0.3) is 11.1 Å². The molecule has 2 heterocycles. The molecule has 0 radical (unpaired) electrons. The molecule has 2 aliphatic heterocycles. The average molecular weight is 527 g/mol. The molecule has 0 bridgehead atoms. The lowest BCUT2D eigenvalue weighted by atomic mass is 9.98. The zero-order valence-corrected chi connectivity index (χ0v) is 21.7. The lowest BCUT2D eigenvalue weighted by molar-refractivity contribution is 0.0488. The number of fused-ring (bicyclic) bond motifs is 5. The maximum atomic E-state index is 13.8. The van der Waals surface area contributed by atoms with Gasteiger partial charge in [-0.05, 0) is 41.2 Å². The summed E-state index contributed by atoms with van der Waals surface area (Å²) in [5.74, 6) is 0.268. The van der Waals surface area contributed by atoms with Crippen molar-refractivity contribution < 1.29 is 28.9 Å². The minimum Gasteiger partial charge on any atom is -0.493 e. The quantitative estimate of drug-likeness (QED) is 0.457. The van der Waals surface area contributed by atoms with Crippen molar-refractivity contribution >= 4 is 17.7 Å². The third-order valence-electron chi connectivity index (χ3n) is 7.83. The van der Waals surface area contributed by atoms with Gasteiger partial charge in [-0.25, -0.2) is 9.69 Å². The summed E-state index contributed by atoms with van der Waals surface area (Å²) < 4.78 is 17.2. The number of anilines is 1. The number of methoxy groups -OCH3 is 1. The third kappa shape index (κ3) is 4.12. The molecule has 1 unspecified atom stereocenters. The lowest BCUT2D eigenvalue weighted by Crippen LogP contribution is -2.51. The van der Waals surface area contributed by atoms with Crippen LogP contribution >= 0.6 is 0 Å². The summed E-state index contributed by atoms with van der Waals surface area (Å²) in [6, 6.07) is 18.8. The van der Waals surface area contributed by atoms with Crippen molar-refractivity contribution in [3.8, 4) is 22.6 Å². The summed E-state index contributed by atoms with van der Waals surface area (Å²) in [5, 5.41) is 11.5. The van der Waals surface area contributed by atoms with Crippen LogP contribution in [-0.4, -0.2) is 61.1 Å². The average Bonchev–Trinajstić information content (AvgIpc) is 3.56. The highest BCUT2D eigenvalue weighted by Crippen LogP contribution is 2.45. The highest BCUT2D eigenvalue weighted by atomic mass is 16.6. The topological polar surface area (TPSA) is 88.5 Å². The van der Waals surface area contributed by atoms with Gasteiger partial charge in [0, 0.05) is 18.5 Å². The number of hydrogen-bond acceptors (Lipinski definition) is 6. The molecule has 200 valence electrons. The van der Waals surface area contributed by atoms with Gasteiger partial charge >= 0.3 is 6.09 Å². The SMILES string of the molecule is C=CCOc1cc2c(cc1OC)C(=O)N1CCC[C@H]1C(O)N2C(=O)OCC1c2ccccc2-c2ccccc21. The summed E-state index contributed by atoms with van der Waals surface area (Å²) in [6.45, 7) is 4.46. The molecule has 3 aliphatic rings. The number of rotatable bonds is 6. The van der Waals surface area contributed by atoms with Crippen LogP contribution in [0.15, 0.2) is 73.3 Å². The van der Waals surface area contributed by atoms with Crippen molar-refractivity contribution in [2.75, 3.05) is 31.8 Å². The van der Waals surface area contributed by atoms with Gasteiger partial charge in [-0.2, -0.15) is 0 Å². The maximum absolute atomic E-state index is 13.8. The van der Waals surface area contributed by atoms with E-state index >= 15 is 0 Å². The van der Waals surface area contributed by atoms with E-state index in [0.717, 1.165) is 28.7 Å². The molecule has 8 heteroatoms. The first-order chi connectivity index (χ1) is 19.0. The van der Waals surface area contributed by atoms with E-state index in [9.17, 15) is 14.7 Å². The monoisotopic (exact) mass is 526 g/mol. The summed E-state index contributed by atoms with van der Waals surface area (Å²) in [6.07, 6.45) is 0.884. The number of hydrogen-bond donors (Lipinski definition) is 1. The van der Waals surface area contributed by atoms with Crippen LogP contribution in [0, 0.1) is 0 Å². The molecule has 3 aromatic rings. The molecular formula is C31H30N2O6. The van der Waals surface area contributed by atoms with Gasteiger partial charge in [-0.1, -0.05) is 61.2 Å². The van der Waals surface area contributed by atoms with Crippen molar-refractivity contribution in [2.24, 2.45) is 0 Å². The number of aliphatic hydroxyl groups is 1. The Morgan fingerprint density at radius 2 is 1.74 bits per heavy atom. The van der Waals surface area contributed by atoms with Crippen molar-refractivity contribution in [2.45, 2.75) is 31.0 Å². The Bertz CT molecular complexity index is 1410. The maximum Gasteiger partial charge on any atom is 0.416 e. The Morgan fingerprint density at radius 3 is 2.41 bits per heavy atom. The second-order valence-corrected chi connectivity index (χ2v) is 9.92. The van der Waals surface area contributed by atoms with Gasteiger partial charge in [0.1, 0.15) is 13.2 Å². The molecule has 0 saturated carbocycles. The fraction of sp³-hybridized carbons (Fsp3) is 0.290. The number of nitrogens with zero attached hydrogens (tertiary/aromatic N) is 2. The normalized spacial score (nSPS) is 19.5. The standard InChI is InChI=1S/C31H30N2O6/c1-3-15-38-28-17-26-23(16-27(28)37-2)29(34)32-14-8-13-25(32)30(35)33(26)31(36)39-18-24-21-11-6-4-9-19(21)20-10-5-7-12-22(20)24/h3-7,9-12,16-17,24-25,30,35H,1,8,13-15,18H2,2H3/t25-,30?/m0/s1. The van der Waals surface area contributed by atoms with E-state index in [1.165, 1.54) is 12.0 Å². The number of benzene rings is 3. The molecule has 1 fully saturated rings. The Hall–Kier alpha value is -4.30. The number of aliphatic hydroxyl groups excluding tert-OH is 1. The van der Waals surface area contributed by atoms with Gasteiger partial charge in [0.2, 0.25) is 0 Å². The summed E-state index contributed by atoms with van der Waals surface area (Å²) in [7, 11) is 1.49. The van der Waals surface area contributed by atoms with E-state index in [4.69, 9.17) is 14.2 Å². The molecule has 1 N–H and O–H groups in total. The van der Waals surface area contributed by atoms with Crippen LogP contribution in [0.3, 0.4) is 0 Å². The van der Waals surface area contributed by atoms with E-state index < -0.39 is 18.4 Å². The molecular weight excluding hydrogens is 496 g/mol. The predicted molar refractivity (Wildman–Crippen MR) is 146 cm³/mol. The Balaban J connectivity index is 1.36. The number of carbonyl (C=O) groups excluding carboxylic acids is 2. The highest BCUT2D eigenvalue weighted by Gasteiger charge is 2.45. The first kappa shape index (κ1) is 25.0. The second kappa shape index (κ2) is 10.1. The van der Waals surface area contributed by atoms with Gasteiger partial charge in [0.15, 0.2) is 17.7 Å². The van der Waals surface area contributed by atoms with Gasteiger partial charge in [-0.3, -0.25) is 4.79 Å². The van der Waals surface area contributed by atoms with Crippen LogP contribution in [-0.2, 0) is 4.74 Å². The largest absolute Gasteiger partial charge is 0.493 e. The van der Waals surface area contributed by atoms with E-state index in [0.29, 0.717) is 24.5 Å². The van der Waals surface area contributed by atoms with Crippen molar-refractivity contribution in [3.05, 3.63) is 90.0 Å².